The molecule has 0 aliphatic carbocycles. The highest BCUT2D eigenvalue weighted by Gasteiger charge is 2.10. The van der Waals surface area contributed by atoms with E-state index in [-0.39, 0.29) is 5.82 Å². The van der Waals surface area contributed by atoms with Crippen LogP contribution in [0.1, 0.15) is 11.1 Å². The molecule has 0 radical (unpaired) electrons. The standard InChI is InChI=1S/C13H12FN5S/c1-7-2-3-9(14)8(4-7)6-20-10-5-11(15)16-13-12(10)17-19-18-13/h2-5H,6H2,1H3,(H3,15,16,17,18,19). The predicted molar refractivity (Wildman–Crippen MR) is 76.8 cm³/mol. The number of hydrogen-bond donors (Lipinski definition) is 2. The van der Waals surface area contributed by atoms with Gasteiger partial charge in [-0.05, 0) is 24.6 Å². The van der Waals surface area contributed by atoms with Crippen molar-refractivity contribution < 1.29 is 4.39 Å². The summed E-state index contributed by atoms with van der Waals surface area (Å²) in [4.78, 5) is 4.93. The molecule has 3 aromatic rings. The number of hydrogen-bond acceptors (Lipinski definition) is 5. The zero-order chi connectivity index (χ0) is 14.1. The van der Waals surface area contributed by atoms with Gasteiger partial charge < -0.3 is 5.73 Å². The third-order valence-corrected chi connectivity index (χ3v) is 3.95. The first-order valence-corrected chi connectivity index (χ1v) is 6.97. The zero-order valence-corrected chi connectivity index (χ0v) is 11.5. The molecule has 102 valence electrons. The molecule has 5 nitrogen and oxygen atoms in total. The second-order valence-corrected chi connectivity index (χ2v) is 5.45. The minimum Gasteiger partial charge on any atom is -0.384 e. The Morgan fingerprint density at radius 3 is 3.05 bits per heavy atom. The van der Waals surface area contributed by atoms with Crippen molar-refractivity contribution >= 4 is 28.7 Å². The number of H-pyrrole nitrogens is 1. The van der Waals surface area contributed by atoms with Crippen molar-refractivity contribution in [2.75, 3.05) is 5.73 Å². The van der Waals surface area contributed by atoms with Gasteiger partial charge in [0.1, 0.15) is 17.2 Å². The lowest BCUT2D eigenvalue weighted by molar-refractivity contribution is 0.617. The van der Waals surface area contributed by atoms with Crippen LogP contribution in [0.3, 0.4) is 0 Å². The number of halogens is 1. The maximum atomic E-state index is 13.7. The van der Waals surface area contributed by atoms with Gasteiger partial charge in [-0.2, -0.15) is 0 Å². The Morgan fingerprint density at radius 1 is 1.35 bits per heavy atom. The van der Waals surface area contributed by atoms with Gasteiger partial charge >= 0.3 is 0 Å². The van der Waals surface area contributed by atoms with Crippen LogP contribution in [0.4, 0.5) is 10.2 Å². The number of fused-ring (bicyclic) bond motifs is 1. The van der Waals surface area contributed by atoms with Crippen molar-refractivity contribution in [3.05, 3.63) is 41.2 Å². The van der Waals surface area contributed by atoms with Crippen LogP contribution in [0.5, 0.6) is 0 Å². The van der Waals surface area contributed by atoms with E-state index in [1.54, 1.807) is 12.1 Å². The van der Waals surface area contributed by atoms with Crippen molar-refractivity contribution in [1.82, 2.24) is 20.4 Å². The van der Waals surface area contributed by atoms with Gasteiger partial charge in [-0.25, -0.2) is 14.5 Å². The Kier molecular flexibility index (Phi) is 3.27. The number of aryl methyl sites for hydroxylation is 1. The molecule has 20 heavy (non-hydrogen) atoms. The summed E-state index contributed by atoms with van der Waals surface area (Å²) in [5, 5.41) is 10.4. The van der Waals surface area contributed by atoms with Gasteiger partial charge in [0.2, 0.25) is 0 Å². The van der Waals surface area contributed by atoms with Gasteiger partial charge in [-0.1, -0.05) is 22.9 Å². The van der Waals surface area contributed by atoms with Crippen molar-refractivity contribution in [2.45, 2.75) is 17.6 Å². The molecular weight excluding hydrogens is 277 g/mol. The van der Waals surface area contributed by atoms with E-state index in [0.717, 1.165) is 10.5 Å². The number of thioether (sulfide) groups is 1. The summed E-state index contributed by atoms with van der Waals surface area (Å²) in [5.41, 5.74) is 8.61. The second-order valence-electron chi connectivity index (χ2n) is 4.44. The Balaban J connectivity index is 1.90. The molecule has 3 rings (SSSR count). The number of aromatic amines is 1. The molecule has 0 aliphatic heterocycles. The Morgan fingerprint density at radius 2 is 2.20 bits per heavy atom. The average molecular weight is 289 g/mol. The topological polar surface area (TPSA) is 80.5 Å². The molecule has 2 aromatic heterocycles. The largest absolute Gasteiger partial charge is 0.384 e. The van der Waals surface area contributed by atoms with Gasteiger partial charge in [0.15, 0.2) is 5.65 Å². The molecule has 0 fully saturated rings. The van der Waals surface area contributed by atoms with E-state index in [0.29, 0.717) is 28.3 Å². The van der Waals surface area contributed by atoms with Gasteiger partial charge in [0.25, 0.3) is 0 Å². The summed E-state index contributed by atoms with van der Waals surface area (Å²) >= 11 is 1.46. The molecule has 7 heteroatoms. The van der Waals surface area contributed by atoms with E-state index in [2.05, 4.69) is 20.4 Å². The SMILES string of the molecule is Cc1ccc(F)c(CSc2cc(N)nc3[nH]nnc23)c1. The molecule has 0 atom stereocenters. The molecule has 0 bridgehead atoms. The Hall–Kier alpha value is -2.15. The molecule has 1 aromatic carbocycles. The maximum absolute atomic E-state index is 13.7. The molecule has 0 saturated carbocycles. The second kappa shape index (κ2) is 5.09. The lowest BCUT2D eigenvalue weighted by atomic mass is 10.1. The number of pyridine rings is 1. The van der Waals surface area contributed by atoms with E-state index < -0.39 is 0 Å². The number of anilines is 1. The highest BCUT2D eigenvalue weighted by Crippen LogP contribution is 2.29. The van der Waals surface area contributed by atoms with Crippen molar-refractivity contribution in [3.8, 4) is 0 Å². The lowest BCUT2D eigenvalue weighted by Gasteiger charge is -2.05. The van der Waals surface area contributed by atoms with Crippen LogP contribution in [0.15, 0.2) is 29.2 Å². The first-order valence-electron chi connectivity index (χ1n) is 5.98. The fourth-order valence-electron chi connectivity index (χ4n) is 1.91. The number of nitrogens with zero attached hydrogens (tertiary/aromatic N) is 3. The Bertz CT molecular complexity index is 771. The van der Waals surface area contributed by atoms with Crippen molar-refractivity contribution in [3.63, 3.8) is 0 Å². The minimum absolute atomic E-state index is 0.207. The predicted octanol–water partition coefficient (Wildman–Crippen LogP) is 2.67. The van der Waals surface area contributed by atoms with Crippen LogP contribution in [-0.2, 0) is 5.75 Å². The van der Waals surface area contributed by atoms with Crippen LogP contribution in [-0.4, -0.2) is 20.4 Å². The van der Waals surface area contributed by atoms with E-state index >= 15 is 0 Å². The number of rotatable bonds is 3. The Labute approximate surface area is 118 Å². The van der Waals surface area contributed by atoms with E-state index in [1.807, 2.05) is 13.0 Å². The number of benzene rings is 1. The summed E-state index contributed by atoms with van der Waals surface area (Å²) in [6.07, 6.45) is 0. The van der Waals surface area contributed by atoms with Crippen LogP contribution >= 0.6 is 11.8 Å². The van der Waals surface area contributed by atoms with Crippen molar-refractivity contribution in [2.24, 2.45) is 0 Å². The third kappa shape index (κ3) is 2.44. The summed E-state index contributed by atoms with van der Waals surface area (Å²) in [7, 11) is 0. The molecule has 0 unspecified atom stereocenters. The van der Waals surface area contributed by atoms with Gasteiger partial charge in [0, 0.05) is 10.6 Å². The highest BCUT2D eigenvalue weighted by molar-refractivity contribution is 7.98. The van der Waals surface area contributed by atoms with Crippen LogP contribution in [0.2, 0.25) is 0 Å². The average Bonchev–Trinajstić information content (AvgIpc) is 2.87. The smallest absolute Gasteiger partial charge is 0.179 e. The normalized spacial score (nSPS) is 11.1. The van der Waals surface area contributed by atoms with Gasteiger partial charge in [-0.15, -0.1) is 16.9 Å². The molecule has 3 N–H and O–H groups in total. The maximum Gasteiger partial charge on any atom is 0.179 e. The van der Waals surface area contributed by atoms with E-state index in [1.165, 1.54) is 17.8 Å². The van der Waals surface area contributed by atoms with Crippen molar-refractivity contribution in [1.29, 1.82) is 0 Å². The number of aromatic nitrogens is 4. The minimum atomic E-state index is -0.207. The summed E-state index contributed by atoms with van der Waals surface area (Å²) < 4.78 is 13.7. The summed E-state index contributed by atoms with van der Waals surface area (Å²) in [5.74, 6) is 0.677. The molecular formula is C13H12FN5S. The lowest BCUT2D eigenvalue weighted by Crippen LogP contribution is -1.93. The van der Waals surface area contributed by atoms with E-state index in [4.69, 9.17) is 5.73 Å². The molecule has 0 saturated heterocycles. The molecule has 0 amide bonds. The van der Waals surface area contributed by atoms with Gasteiger partial charge in [0.05, 0.1) is 0 Å². The highest BCUT2D eigenvalue weighted by atomic mass is 32.2. The number of nitrogens with two attached hydrogens (primary N) is 1. The third-order valence-electron chi connectivity index (χ3n) is 2.87. The van der Waals surface area contributed by atoms with Gasteiger partial charge in [-0.3, -0.25) is 0 Å². The fourth-order valence-corrected chi connectivity index (χ4v) is 2.92. The van der Waals surface area contributed by atoms with Crippen LogP contribution in [0, 0.1) is 12.7 Å². The first kappa shape index (κ1) is 12.9. The number of nitrogens with one attached hydrogen (secondary N) is 1. The van der Waals surface area contributed by atoms with Crippen LogP contribution in [0.25, 0.3) is 11.2 Å². The summed E-state index contributed by atoms with van der Waals surface area (Å²) in [6, 6.07) is 6.80. The first-order chi connectivity index (χ1) is 9.63. The summed E-state index contributed by atoms with van der Waals surface area (Å²) in [6.45, 7) is 1.94. The molecule has 0 aliphatic rings. The zero-order valence-electron chi connectivity index (χ0n) is 10.7. The molecule has 0 spiro atoms. The number of nitrogen functional groups attached to an aromatic ring is 1. The fraction of sp³-hybridized carbons (Fsp3) is 0.154. The molecule has 2 heterocycles. The quantitative estimate of drug-likeness (QED) is 0.725. The monoisotopic (exact) mass is 289 g/mol. The van der Waals surface area contributed by atoms with Crippen LogP contribution < -0.4 is 5.73 Å². The van der Waals surface area contributed by atoms with E-state index in [9.17, 15) is 4.39 Å².